The number of hydrogen-bond acceptors (Lipinski definition) is 6. The second-order valence-electron chi connectivity index (χ2n) is 5.73. The molecular weight excluding hydrogens is 356 g/mol. The maximum Gasteiger partial charge on any atom is 0.293 e. The van der Waals surface area contributed by atoms with Crippen molar-refractivity contribution < 1.29 is 18.8 Å². The molecule has 0 aliphatic rings. The molecule has 0 spiro atoms. The predicted octanol–water partition coefficient (Wildman–Crippen LogP) is 1.95. The Balaban J connectivity index is 1.72. The van der Waals surface area contributed by atoms with Gasteiger partial charge < -0.3 is 15.1 Å². The summed E-state index contributed by atoms with van der Waals surface area (Å²) in [4.78, 5) is 39.6. The highest BCUT2D eigenvalue weighted by atomic mass is 32.1. The SMILES string of the molecule is CCC(C)NC(=O)CCNC(=O)Cc1csc(NC(=O)c2ccco2)n1. The molecule has 8 nitrogen and oxygen atoms in total. The van der Waals surface area contributed by atoms with Crippen LogP contribution in [0.15, 0.2) is 28.2 Å². The fraction of sp³-hybridized carbons (Fsp3) is 0.412. The lowest BCUT2D eigenvalue weighted by Crippen LogP contribution is -2.35. The summed E-state index contributed by atoms with van der Waals surface area (Å²) in [5.41, 5.74) is 0.548. The van der Waals surface area contributed by atoms with E-state index in [1.54, 1.807) is 17.5 Å². The molecular formula is C17H22N4O4S. The van der Waals surface area contributed by atoms with Crippen LogP contribution < -0.4 is 16.0 Å². The van der Waals surface area contributed by atoms with E-state index in [4.69, 9.17) is 4.42 Å². The minimum Gasteiger partial charge on any atom is -0.459 e. The molecule has 1 atom stereocenters. The van der Waals surface area contributed by atoms with E-state index < -0.39 is 5.91 Å². The summed E-state index contributed by atoms with van der Waals surface area (Å²) >= 11 is 1.23. The highest BCUT2D eigenvalue weighted by Crippen LogP contribution is 2.17. The summed E-state index contributed by atoms with van der Waals surface area (Å²) in [7, 11) is 0. The Morgan fingerprint density at radius 2 is 2.12 bits per heavy atom. The van der Waals surface area contributed by atoms with Gasteiger partial charge in [-0.2, -0.15) is 0 Å². The quantitative estimate of drug-likeness (QED) is 0.617. The molecule has 2 heterocycles. The zero-order valence-electron chi connectivity index (χ0n) is 14.7. The first-order chi connectivity index (χ1) is 12.5. The zero-order valence-corrected chi connectivity index (χ0v) is 15.5. The van der Waals surface area contributed by atoms with Gasteiger partial charge in [-0.3, -0.25) is 19.7 Å². The first-order valence-electron chi connectivity index (χ1n) is 8.33. The van der Waals surface area contributed by atoms with E-state index in [-0.39, 0.29) is 43.0 Å². The minimum atomic E-state index is -0.396. The van der Waals surface area contributed by atoms with Gasteiger partial charge in [-0.25, -0.2) is 4.98 Å². The molecule has 0 saturated carbocycles. The third-order valence-corrected chi connectivity index (χ3v) is 4.36. The number of anilines is 1. The summed E-state index contributed by atoms with van der Waals surface area (Å²) in [6, 6.07) is 3.30. The smallest absolute Gasteiger partial charge is 0.293 e. The fourth-order valence-corrected chi connectivity index (χ4v) is 2.71. The second kappa shape index (κ2) is 9.71. The monoisotopic (exact) mass is 378 g/mol. The summed E-state index contributed by atoms with van der Waals surface area (Å²) in [5, 5.41) is 10.2. The number of hydrogen-bond donors (Lipinski definition) is 3. The predicted molar refractivity (Wildman–Crippen MR) is 98.0 cm³/mol. The van der Waals surface area contributed by atoms with Gasteiger partial charge in [0.15, 0.2) is 10.9 Å². The first-order valence-corrected chi connectivity index (χ1v) is 9.21. The van der Waals surface area contributed by atoms with E-state index >= 15 is 0 Å². The largest absolute Gasteiger partial charge is 0.459 e. The Labute approximate surface area is 155 Å². The van der Waals surface area contributed by atoms with Crippen LogP contribution in [0.5, 0.6) is 0 Å². The van der Waals surface area contributed by atoms with Crippen molar-refractivity contribution in [1.82, 2.24) is 15.6 Å². The molecule has 140 valence electrons. The molecule has 9 heteroatoms. The van der Waals surface area contributed by atoms with Crippen LogP contribution in [0, 0.1) is 0 Å². The van der Waals surface area contributed by atoms with Crippen molar-refractivity contribution >= 4 is 34.2 Å². The van der Waals surface area contributed by atoms with E-state index in [2.05, 4.69) is 20.9 Å². The third kappa shape index (κ3) is 6.32. The topological polar surface area (TPSA) is 113 Å². The van der Waals surface area contributed by atoms with Gasteiger partial charge in [0.05, 0.1) is 18.4 Å². The van der Waals surface area contributed by atoms with Gasteiger partial charge in [0.25, 0.3) is 5.91 Å². The van der Waals surface area contributed by atoms with E-state index in [0.717, 1.165) is 6.42 Å². The summed E-state index contributed by atoms with van der Waals surface area (Å²) < 4.78 is 5.00. The Bertz CT molecular complexity index is 742. The number of nitrogens with zero attached hydrogens (tertiary/aromatic N) is 1. The average Bonchev–Trinajstić information content (AvgIpc) is 3.26. The normalized spacial score (nSPS) is 11.6. The van der Waals surface area contributed by atoms with Gasteiger partial charge in [0, 0.05) is 24.4 Å². The molecule has 0 saturated heterocycles. The molecule has 0 fully saturated rings. The van der Waals surface area contributed by atoms with Crippen LogP contribution >= 0.6 is 11.3 Å². The molecule has 0 aliphatic heterocycles. The number of thiazole rings is 1. The average molecular weight is 378 g/mol. The van der Waals surface area contributed by atoms with E-state index in [1.165, 1.54) is 17.6 Å². The molecule has 0 aromatic carbocycles. The lowest BCUT2D eigenvalue weighted by atomic mass is 10.2. The van der Waals surface area contributed by atoms with Crippen molar-refractivity contribution in [3.8, 4) is 0 Å². The van der Waals surface area contributed by atoms with Crippen molar-refractivity contribution in [2.45, 2.75) is 39.2 Å². The van der Waals surface area contributed by atoms with Crippen molar-refractivity contribution in [2.75, 3.05) is 11.9 Å². The van der Waals surface area contributed by atoms with Crippen LogP contribution in [0.3, 0.4) is 0 Å². The first kappa shape index (κ1) is 19.6. The standard InChI is InChI=1S/C17H22N4O4S/c1-3-11(2)19-14(22)6-7-18-15(23)9-12-10-26-17(20-12)21-16(24)13-5-4-8-25-13/h4-5,8,10-11H,3,6-7,9H2,1-2H3,(H,18,23)(H,19,22)(H,20,21,24). The molecule has 0 radical (unpaired) electrons. The molecule has 2 aromatic heterocycles. The Morgan fingerprint density at radius 1 is 1.31 bits per heavy atom. The third-order valence-electron chi connectivity index (χ3n) is 3.55. The lowest BCUT2D eigenvalue weighted by molar-refractivity contribution is -0.122. The van der Waals surface area contributed by atoms with Gasteiger partial charge in [0.2, 0.25) is 11.8 Å². The number of rotatable bonds is 9. The molecule has 3 N–H and O–H groups in total. The van der Waals surface area contributed by atoms with Crippen molar-refractivity contribution in [3.63, 3.8) is 0 Å². The summed E-state index contributed by atoms with van der Waals surface area (Å²) in [6.45, 7) is 4.19. The maximum atomic E-state index is 11.9. The van der Waals surface area contributed by atoms with E-state index in [9.17, 15) is 14.4 Å². The van der Waals surface area contributed by atoms with Gasteiger partial charge in [0.1, 0.15) is 0 Å². The molecule has 3 amide bonds. The number of carbonyl (C=O) groups is 3. The maximum absolute atomic E-state index is 11.9. The second-order valence-corrected chi connectivity index (χ2v) is 6.59. The van der Waals surface area contributed by atoms with Crippen molar-refractivity contribution in [3.05, 3.63) is 35.2 Å². The van der Waals surface area contributed by atoms with Crippen LogP contribution in [-0.2, 0) is 16.0 Å². The van der Waals surface area contributed by atoms with Crippen molar-refractivity contribution in [2.24, 2.45) is 0 Å². The van der Waals surface area contributed by atoms with Crippen LogP contribution in [0.4, 0.5) is 5.13 Å². The van der Waals surface area contributed by atoms with E-state index in [0.29, 0.717) is 10.8 Å². The molecule has 2 aromatic rings. The number of amides is 3. The van der Waals surface area contributed by atoms with Gasteiger partial charge in [-0.05, 0) is 25.5 Å². The number of furan rings is 1. The number of nitrogens with one attached hydrogen (secondary N) is 3. The molecule has 1 unspecified atom stereocenters. The molecule has 0 aliphatic carbocycles. The molecule has 2 rings (SSSR count). The van der Waals surface area contributed by atoms with Crippen LogP contribution in [0.1, 0.15) is 42.9 Å². The minimum absolute atomic E-state index is 0.0834. The number of aromatic nitrogens is 1. The van der Waals surface area contributed by atoms with Crippen molar-refractivity contribution in [1.29, 1.82) is 0 Å². The highest BCUT2D eigenvalue weighted by Gasteiger charge is 2.13. The fourth-order valence-electron chi connectivity index (χ4n) is 2.00. The summed E-state index contributed by atoms with van der Waals surface area (Å²) in [5.74, 6) is -0.519. The zero-order chi connectivity index (χ0) is 18.9. The Kier molecular flexibility index (Phi) is 7.34. The van der Waals surface area contributed by atoms with Gasteiger partial charge >= 0.3 is 0 Å². The van der Waals surface area contributed by atoms with E-state index in [1.807, 2.05) is 13.8 Å². The Hall–Kier alpha value is -2.68. The molecule has 26 heavy (non-hydrogen) atoms. The van der Waals surface area contributed by atoms with Gasteiger partial charge in [-0.15, -0.1) is 11.3 Å². The molecule has 0 bridgehead atoms. The van der Waals surface area contributed by atoms with Crippen LogP contribution in [0.2, 0.25) is 0 Å². The highest BCUT2D eigenvalue weighted by molar-refractivity contribution is 7.14. The van der Waals surface area contributed by atoms with Gasteiger partial charge in [-0.1, -0.05) is 6.92 Å². The van der Waals surface area contributed by atoms with Crippen LogP contribution in [0.25, 0.3) is 0 Å². The lowest BCUT2D eigenvalue weighted by Gasteiger charge is -2.11. The Morgan fingerprint density at radius 3 is 2.81 bits per heavy atom. The summed E-state index contributed by atoms with van der Waals surface area (Å²) in [6.07, 6.45) is 2.59. The number of carbonyl (C=O) groups excluding carboxylic acids is 3. The van der Waals surface area contributed by atoms with Crippen LogP contribution in [-0.4, -0.2) is 35.3 Å².